The van der Waals surface area contributed by atoms with Gasteiger partial charge in [0.25, 0.3) is 0 Å². The highest BCUT2D eigenvalue weighted by molar-refractivity contribution is 6.32. The molecule has 21 heavy (non-hydrogen) atoms. The number of hydrogen-bond acceptors (Lipinski definition) is 3. The van der Waals surface area contributed by atoms with E-state index in [1.165, 1.54) is 0 Å². The molecule has 0 aromatic heterocycles. The molecule has 1 amide bonds. The van der Waals surface area contributed by atoms with Crippen LogP contribution < -0.4 is 10.1 Å². The van der Waals surface area contributed by atoms with Crippen molar-refractivity contribution in [1.82, 2.24) is 5.32 Å². The Morgan fingerprint density at radius 1 is 1.38 bits per heavy atom. The van der Waals surface area contributed by atoms with Gasteiger partial charge in [0, 0.05) is 13.2 Å². The fraction of sp³-hybridized carbons (Fsp3) is 0.562. The Morgan fingerprint density at radius 3 is 2.76 bits per heavy atom. The van der Waals surface area contributed by atoms with Crippen LogP contribution in [0.3, 0.4) is 0 Å². The molecule has 1 rings (SSSR count). The van der Waals surface area contributed by atoms with E-state index in [1.807, 2.05) is 12.1 Å². The fourth-order valence-corrected chi connectivity index (χ4v) is 2.08. The van der Waals surface area contributed by atoms with E-state index in [1.54, 1.807) is 12.1 Å². The summed E-state index contributed by atoms with van der Waals surface area (Å²) >= 11 is 5.96. The molecule has 1 aromatic rings. The van der Waals surface area contributed by atoms with Gasteiger partial charge in [-0.15, -0.1) is 0 Å². The molecule has 0 fully saturated rings. The molecule has 0 heterocycles. The van der Waals surface area contributed by atoms with Gasteiger partial charge in [-0.2, -0.15) is 0 Å². The van der Waals surface area contributed by atoms with Crippen molar-refractivity contribution in [1.29, 1.82) is 0 Å². The van der Waals surface area contributed by atoms with E-state index >= 15 is 0 Å². The Labute approximate surface area is 131 Å². The van der Waals surface area contributed by atoms with Crippen LogP contribution in [0.25, 0.3) is 0 Å². The molecular weight excluding hydrogens is 290 g/mol. The van der Waals surface area contributed by atoms with Crippen molar-refractivity contribution in [3.05, 3.63) is 29.3 Å². The number of benzene rings is 1. The van der Waals surface area contributed by atoms with Crippen molar-refractivity contribution >= 4 is 17.5 Å². The van der Waals surface area contributed by atoms with E-state index in [-0.39, 0.29) is 17.9 Å². The molecule has 4 nitrogen and oxygen atoms in total. The highest BCUT2D eigenvalue weighted by Crippen LogP contribution is 2.23. The van der Waals surface area contributed by atoms with Crippen LogP contribution in [-0.4, -0.2) is 30.8 Å². The summed E-state index contributed by atoms with van der Waals surface area (Å²) in [5, 5.41) is 12.3. The van der Waals surface area contributed by atoms with Crippen LogP contribution >= 0.6 is 11.6 Å². The molecule has 0 atom stereocenters. The summed E-state index contributed by atoms with van der Waals surface area (Å²) in [5.41, 5.74) is -0.0119. The smallest absolute Gasteiger partial charge is 0.223 e. The van der Waals surface area contributed by atoms with E-state index in [0.29, 0.717) is 30.3 Å². The largest absolute Gasteiger partial charge is 0.491 e. The predicted octanol–water partition coefficient (Wildman–Crippen LogP) is 3.02. The van der Waals surface area contributed by atoms with Gasteiger partial charge in [0.05, 0.1) is 18.1 Å². The second-order valence-corrected chi connectivity index (χ2v) is 6.20. The highest BCUT2D eigenvalue weighted by Gasteiger charge is 2.18. The lowest BCUT2D eigenvalue weighted by Gasteiger charge is -2.24. The quantitative estimate of drug-likeness (QED) is 0.737. The SMILES string of the molecule is CC(C)(CCCO)CNC(=O)CCOc1ccccc1Cl. The number of para-hydroxylation sites is 1. The van der Waals surface area contributed by atoms with Crippen molar-refractivity contribution in [2.75, 3.05) is 19.8 Å². The second-order valence-electron chi connectivity index (χ2n) is 5.80. The number of carbonyl (C=O) groups excluding carboxylic acids is 1. The summed E-state index contributed by atoms with van der Waals surface area (Å²) in [6.07, 6.45) is 1.92. The van der Waals surface area contributed by atoms with Crippen molar-refractivity contribution in [2.45, 2.75) is 33.1 Å². The van der Waals surface area contributed by atoms with Crippen molar-refractivity contribution in [3.8, 4) is 5.75 Å². The van der Waals surface area contributed by atoms with Crippen LogP contribution in [0.1, 0.15) is 33.1 Å². The van der Waals surface area contributed by atoms with E-state index in [9.17, 15) is 4.79 Å². The number of hydrogen-bond donors (Lipinski definition) is 2. The lowest BCUT2D eigenvalue weighted by molar-refractivity contribution is -0.122. The van der Waals surface area contributed by atoms with Gasteiger partial charge in [0.15, 0.2) is 0 Å². The topological polar surface area (TPSA) is 58.6 Å². The van der Waals surface area contributed by atoms with Gasteiger partial charge in [-0.3, -0.25) is 4.79 Å². The first-order valence-corrected chi connectivity index (χ1v) is 7.57. The number of rotatable bonds is 9. The molecule has 0 spiro atoms. The van der Waals surface area contributed by atoms with Crippen LogP contribution in [-0.2, 0) is 4.79 Å². The molecule has 0 aliphatic heterocycles. The molecule has 0 aliphatic carbocycles. The first kappa shape index (κ1) is 17.8. The molecule has 0 saturated carbocycles. The maximum Gasteiger partial charge on any atom is 0.223 e. The Kier molecular flexibility index (Phi) is 7.54. The van der Waals surface area contributed by atoms with Crippen LogP contribution in [0, 0.1) is 5.41 Å². The maximum atomic E-state index is 11.8. The van der Waals surface area contributed by atoms with Crippen molar-refractivity contribution in [2.24, 2.45) is 5.41 Å². The zero-order chi connectivity index (χ0) is 15.7. The Balaban J connectivity index is 2.24. The summed E-state index contributed by atoms with van der Waals surface area (Å²) in [6, 6.07) is 7.19. The molecule has 0 bridgehead atoms. The molecule has 2 N–H and O–H groups in total. The van der Waals surface area contributed by atoms with Gasteiger partial charge < -0.3 is 15.2 Å². The minimum atomic E-state index is -0.0425. The molecule has 0 unspecified atom stereocenters. The lowest BCUT2D eigenvalue weighted by atomic mass is 9.88. The first-order valence-electron chi connectivity index (χ1n) is 7.19. The monoisotopic (exact) mass is 313 g/mol. The molecule has 0 saturated heterocycles. The minimum Gasteiger partial charge on any atom is -0.491 e. The summed E-state index contributed by atoms with van der Waals surface area (Å²) in [4.78, 5) is 11.8. The van der Waals surface area contributed by atoms with Crippen LogP contribution in [0.4, 0.5) is 0 Å². The number of carbonyl (C=O) groups is 1. The number of amides is 1. The van der Waals surface area contributed by atoms with Gasteiger partial charge in [0.2, 0.25) is 5.91 Å². The fourth-order valence-electron chi connectivity index (χ4n) is 1.89. The van der Waals surface area contributed by atoms with Crippen LogP contribution in [0.15, 0.2) is 24.3 Å². The highest BCUT2D eigenvalue weighted by atomic mass is 35.5. The predicted molar refractivity (Wildman–Crippen MR) is 84.7 cm³/mol. The molecule has 118 valence electrons. The average molecular weight is 314 g/mol. The third-order valence-corrected chi connectivity index (χ3v) is 3.51. The van der Waals surface area contributed by atoms with Gasteiger partial charge in [-0.1, -0.05) is 37.6 Å². The number of halogens is 1. The van der Waals surface area contributed by atoms with Crippen molar-refractivity contribution in [3.63, 3.8) is 0 Å². The number of aliphatic hydroxyl groups is 1. The van der Waals surface area contributed by atoms with E-state index in [2.05, 4.69) is 19.2 Å². The Hall–Kier alpha value is -1.26. The first-order chi connectivity index (χ1) is 9.94. The third-order valence-electron chi connectivity index (χ3n) is 3.20. The zero-order valence-corrected chi connectivity index (χ0v) is 13.4. The maximum absolute atomic E-state index is 11.8. The molecule has 1 aromatic carbocycles. The lowest BCUT2D eigenvalue weighted by Crippen LogP contribution is -2.34. The number of aliphatic hydroxyl groups excluding tert-OH is 1. The minimum absolute atomic E-state index is 0.0119. The van der Waals surface area contributed by atoms with E-state index < -0.39 is 0 Å². The summed E-state index contributed by atoms with van der Waals surface area (Å²) in [7, 11) is 0. The van der Waals surface area contributed by atoms with E-state index in [4.69, 9.17) is 21.4 Å². The van der Waals surface area contributed by atoms with Gasteiger partial charge in [-0.25, -0.2) is 0 Å². The van der Waals surface area contributed by atoms with E-state index in [0.717, 1.165) is 12.8 Å². The molecular formula is C16H24ClNO3. The van der Waals surface area contributed by atoms with Crippen LogP contribution in [0.2, 0.25) is 5.02 Å². The molecule has 5 heteroatoms. The van der Waals surface area contributed by atoms with Gasteiger partial charge in [-0.05, 0) is 30.4 Å². The summed E-state index contributed by atoms with van der Waals surface area (Å²) in [6.45, 7) is 5.22. The number of ether oxygens (including phenoxy) is 1. The van der Waals surface area contributed by atoms with Crippen molar-refractivity contribution < 1.29 is 14.6 Å². The number of nitrogens with one attached hydrogen (secondary N) is 1. The third kappa shape index (κ3) is 7.34. The summed E-state index contributed by atoms with van der Waals surface area (Å²) in [5.74, 6) is 0.550. The van der Waals surface area contributed by atoms with Gasteiger partial charge in [0.1, 0.15) is 5.75 Å². The van der Waals surface area contributed by atoms with Gasteiger partial charge >= 0.3 is 0 Å². The standard InChI is InChI=1S/C16H24ClNO3/c1-16(2,9-5-10-19)12-18-15(20)8-11-21-14-7-4-3-6-13(14)17/h3-4,6-7,19H,5,8-12H2,1-2H3,(H,18,20). The zero-order valence-electron chi connectivity index (χ0n) is 12.7. The average Bonchev–Trinajstić information content (AvgIpc) is 2.45. The Morgan fingerprint density at radius 2 is 2.10 bits per heavy atom. The normalized spacial score (nSPS) is 11.2. The summed E-state index contributed by atoms with van der Waals surface area (Å²) < 4.78 is 5.48. The molecule has 0 aliphatic rings. The van der Waals surface area contributed by atoms with Crippen LogP contribution in [0.5, 0.6) is 5.75 Å². The second kappa shape index (κ2) is 8.90. The Bertz CT molecular complexity index is 449. The molecule has 0 radical (unpaired) electrons.